The van der Waals surface area contributed by atoms with Crippen molar-refractivity contribution in [3.05, 3.63) is 27.5 Å². The first-order valence-electron chi connectivity index (χ1n) is 3.91. The van der Waals surface area contributed by atoms with Crippen LogP contribution in [0.25, 0.3) is 10.1 Å². The van der Waals surface area contributed by atoms with Crippen LogP contribution in [-0.2, 0) is 0 Å². The van der Waals surface area contributed by atoms with Gasteiger partial charge in [-0.1, -0.05) is 15.9 Å². The van der Waals surface area contributed by atoms with Gasteiger partial charge in [0.15, 0.2) is 0 Å². The number of halogens is 1. The molecule has 0 bridgehead atoms. The van der Waals surface area contributed by atoms with Crippen LogP contribution in [0.15, 0.2) is 26.9 Å². The van der Waals surface area contributed by atoms with E-state index in [0.29, 0.717) is 0 Å². The second-order valence-electron chi connectivity index (χ2n) is 2.74. The third kappa shape index (κ3) is 1.56. The van der Waals surface area contributed by atoms with E-state index in [4.69, 9.17) is 5.26 Å². The maximum Gasteiger partial charge on any atom is 0.0999 e. The van der Waals surface area contributed by atoms with Crippen molar-refractivity contribution in [2.75, 3.05) is 6.26 Å². The van der Waals surface area contributed by atoms with Crippen molar-refractivity contribution < 1.29 is 0 Å². The lowest BCUT2D eigenvalue weighted by Crippen LogP contribution is -1.77. The van der Waals surface area contributed by atoms with Crippen molar-refractivity contribution in [1.29, 1.82) is 5.26 Å². The van der Waals surface area contributed by atoms with Gasteiger partial charge in [0.05, 0.1) is 11.6 Å². The minimum absolute atomic E-state index is 0.750. The number of nitrogens with zero attached hydrogens (tertiary/aromatic N) is 1. The fourth-order valence-electron chi connectivity index (χ4n) is 1.34. The van der Waals surface area contributed by atoms with E-state index in [-0.39, 0.29) is 0 Å². The molecule has 70 valence electrons. The molecule has 0 aliphatic heterocycles. The topological polar surface area (TPSA) is 23.8 Å². The molecule has 0 aliphatic rings. The molecule has 0 aliphatic carbocycles. The number of hydrogen-bond donors (Lipinski definition) is 0. The molecule has 0 atom stereocenters. The molecule has 0 unspecified atom stereocenters. The second kappa shape index (κ2) is 3.93. The van der Waals surface area contributed by atoms with E-state index < -0.39 is 0 Å². The van der Waals surface area contributed by atoms with Gasteiger partial charge in [0.25, 0.3) is 0 Å². The fourth-order valence-corrected chi connectivity index (χ4v) is 3.86. The van der Waals surface area contributed by atoms with Crippen LogP contribution in [0.2, 0.25) is 0 Å². The van der Waals surface area contributed by atoms with Crippen molar-refractivity contribution in [2.24, 2.45) is 0 Å². The summed E-state index contributed by atoms with van der Waals surface area (Å²) in [5.41, 5.74) is 0.750. The number of fused-ring (bicyclic) bond motifs is 1. The van der Waals surface area contributed by atoms with E-state index in [0.717, 1.165) is 15.4 Å². The Morgan fingerprint density at radius 1 is 1.50 bits per heavy atom. The Morgan fingerprint density at radius 2 is 2.29 bits per heavy atom. The van der Waals surface area contributed by atoms with E-state index in [1.165, 1.54) is 9.60 Å². The summed E-state index contributed by atoms with van der Waals surface area (Å²) < 4.78 is 2.14. The summed E-state index contributed by atoms with van der Waals surface area (Å²) in [7, 11) is 0. The first-order chi connectivity index (χ1) is 6.76. The molecular weight excluding hydrogens is 278 g/mol. The second-order valence-corrected chi connectivity index (χ2v) is 5.42. The Kier molecular flexibility index (Phi) is 2.82. The van der Waals surface area contributed by atoms with E-state index in [1.807, 2.05) is 12.3 Å². The summed E-state index contributed by atoms with van der Waals surface area (Å²) in [4.78, 5) is 1.19. The van der Waals surface area contributed by atoms with Gasteiger partial charge in [-0.3, -0.25) is 0 Å². The highest BCUT2D eigenvalue weighted by Gasteiger charge is 2.09. The number of rotatable bonds is 1. The normalized spacial score (nSPS) is 10.4. The summed E-state index contributed by atoms with van der Waals surface area (Å²) >= 11 is 6.77. The van der Waals surface area contributed by atoms with Crippen molar-refractivity contribution in [2.45, 2.75) is 4.90 Å². The summed E-state index contributed by atoms with van der Waals surface area (Å²) in [6.07, 6.45) is 2.03. The van der Waals surface area contributed by atoms with Crippen molar-refractivity contribution in [3.63, 3.8) is 0 Å². The van der Waals surface area contributed by atoms with E-state index >= 15 is 0 Å². The average Bonchev–Trinajstić information content (AvgIpc) is 2.59. The lowest BCUT2D eigenvalue weighted by molar-refractivity contribution is 1.49. The van der Waals surface area contributed by atoms with Crippen LogP contribution in [0.1, 0.15) is 5.56 Å². The molecule has 0 amide bonds. The number of benzene rings is 1. The molecule has 0 saturated carbocycles. The molecule has 0 saturated heterocycles. The zero-order valence-corrected chi connectivity index (χ0v) is 10.6. The Bertz CT molecular complexity index is 525. The van der Waals surface area contributed by atoms with Crippen LogP contribution >= 0.6 is 39.0 Å². The van der Waals surface area contributed by atoms with Crippen LogP contribution in [0, 0.1) is 11.3 Å². The highest BCUT2D eigenvalue weighted by molar-refractivity contribution is 9.10. The molecule has 2 rings (SSSR count). The highest BCUT2D eigenvalue weighted by atomic mass is 79.9. The monoisotopic (exact) mass is 283 g/mol. The van der Waals surface area contributed by atoms with Gasteiger partial charge >= 0.3 is 0 Å². The minimum atomic E-state index is 0.750. The largest absolute Gasteiger partial charge is 0.192 e. The van der Waals surface area contributed by atoms with Crippen LogP contribution in [-0.4, -0.2) is 6.26 Å². The third-order valence-corrected chi connectivity index (χ3v) is 4.24. The molecule has 1 heterocycles. The molecule has 4 heteroatoms. The molecule has 0 N–H and O–H groups in total. The maximum atomic E-state index is 9.02. The molecule has 1 aromatic heterocycles. The molecule has 0 spiro atoms. The van der Waals surface area contributed by atoms with Gasteiger partial charge in [-0.15, -0.1) is 23.1 Å². The average molecular weight is 284 g/mol. The first kappa shape index (κ1) is 10.0. The number of thioether (sulfide) groups is 1. The fraction of sp³-hybridized carbons (Fsp3) is 0.100. The van der Waals surface area contributed by atoms with E-state index in [9.17, 15) is 0 Å². The molecule has 1 aromatic carbocycles. The van der Waals surface area contributed by atoms with E-state index in [2.05, 4.69) is 33.4 Å². The molecule has 2 aromatic rings. The first-order valence-corrected chi connectivity index (χ1v) is 6.81. The number of hydrogen-bond acceptors (Lipinski definition) is 3. The maximum absolute atomic E-state index is 9.02. The Morgan fingerprint density at radius 3 is 2.93 bits per heavy atom. The molecule has 1 nitrogen and oxygen atoms in total. The summed E-state index contributed by atoms with van der Waals surface area (Å²) in [6.45, 7) is 0. The smallest absolute Gasteiger partial charge is 0.0999 e. The molecule has 0 fully saturated rings. The lowest BCUT2D eigenvalue weighted by atomic mass is 10.1. The van der Waals surface area contributed by atoms with Crippen LogP contribution in [0.3, 0.4) is 0 Å². The van der Waals surface area contributed by atoms with Gasteiger partial charge in [-0.25, -0.2) is 0 Å². The molecular formula is C10H6BrNS2. The third-order valence-electron chi connectivity index (χ3n) is 1.95. The number of thiophene rings is 1. The van der Waals surface area contributed by atoms with Gasteiger partial charge in [-0.2, -0.15) is 5.26 Å². The Labute approximate surface area is 98.9 Å². The van der Waals surface area contributed by atoms with Gasteiger partial charge in [0, 0.05) is 24.8 Å². The van der Waals surface area contributed by atoms with Gasteiger partial charge < -0.3 is 0 Å². The summed E-state index contributed by atoms with van der Waals surface area (Å²) in [5, 5.41) is 12.2. The van der Waals surface area contributed by atoms with Crippen LogP contribution < -0.4 is 0 Å². The van der Waals surface area contributed by atoms with Crippen LogP contribution in [0.4, 0.5) is 0 Å². The summed E-state index contributed by atoms with van der Waals surface area (Å²) in [5.74, 6) is 0. The quantitative estimate of drug-likeness (QED) is 0.731. The predicted molar refractivity (Wildman–Crippen MR) is 66.0 cm³/mol. The summed E-state index contributed by atoms with van der Waals surface area (Å²) in [6, 6.07) is 6.16. The van der Waals surface area contributed by atoms with Crippen molar-refractivity contribution in [3.8, 4) is 6.07 Å². The highest BCUT2D eigenvalue weighted by Crippen LogP contribution is 2.36. The molecule has 14 heavy (non-hydrogen) atoms. The Balaban J connectivity index is 2.87. The van der Waals surface area contributed by atoms with Gasteiger partial charge in [0.1, 0.15) is 0 Å². The van der Waals surface area contributed by atoms with Gasteiger partial charge in [-0.05, 0) is 18.4 Å². The van der Waals surface area contributed by atoms with E-state index in [1.54, 1.807) is 23.1 Å². The minimum Gasteiger partial charge on any atom is -0.192 e. The van der Waals surface area contributed by atoms with Crippen molar-refractivity contribution >= 4 is 49.1 Å². The van der Waals surface area contributed by atoms with Gasteiger partial charge in [0.2, 0.25) is 0 Å². The molecule has 0 radical (unpaired) electrons. The zero-order valence-electron chi connectivity index (χ0n) is 7.37. The number of nitriles is 1. The van der Waals surface area contributed by atoms with Crippen LogP contribution in [0.5, 0.6) is 0 Å². The zero-order chi connectivity index (χ0) is 10.1. The lowest BCUT2D eigenvalue weighted by Gasteiger charge is -1.98. The standard InChI is InChI=1S/C10H6BrNS2/c1-13-9-5-14-8-3-7(11)2-6(4-12)10(8)9/h2-3,5H,1H3. The predicted octanol–water partition coefficient (Wildman–Crippen LogP) is 4.26. The Hall–Kier alpha value is -0.500. The SMILES string of the molecule is CSc1csc2cc(Br)cc(C#N)c12. The van der Waals surface area contributed by atoms with Crippen molar-refractivity contribution in [1.82, 2.24) is 0 Å².